The van der Waals surface area contributed by atoms with Crippen LogP contribution in [0.2, 0.25) is 0 Å². The summed E-state index contributed by atoms with van der Waals surface area (Å²) in [7, 11) is 1.44. The SMILES string of the molecule is CCCn1cc(S(=O)(=O)Cl)cc1C(=O)OC(C)CC. The fourth-order valence-corrected chi connectivity index (χ4v) is 2.30. The van der Waals surface area contributed by atoms with Crippen LogP contribution in [0.15, 0.2) is 17.2 Å². The zero-order valence-corrected chi connectivity index (χ0v) is 12.8. The van der Waals surface area contributed by atoms with Crippen LogP contribution < -0.4 is 0 Å². The number of halogens is 1. The van der Waals surface area contributed by atoms with Crippen LogP contribution in [0, 0.1) is 0 Å². The minimum absolute atomic E-state index is 0.0845. The third kappa shape index (κ3) is 4.24. The summed E-state index contributed by atoms with van der Waals surface area (Å²) in [6.45, 7) is 6.14. The number of aryl methyl sites for hydroxylation is 1. The molecule has 1 unspecified atom stereocenters. The highest BCUT2D eigenvalue weighted by molar-refractivity contribution is 8.13. The Morgan fingerprint density at radius 3 is 2.58 bits per heavy atom. The zero-order valence-electron chi connectivity index (χ0n) is 11.2. The topological polar surface area (TPSA) is 65.4 Å². The van der Waals surface area contributed by atoms with E-state index < -0.39 is 15.0 Å². The van der Waals surface area contributed by atoms with Crippen molar-refractivity contribution in [2.75, 3.05) is 0 Å². The molecule has 108 valence electrons. The fourth-order valence-electron chi connectivity index (χ4n) is 1.54. The van der Waals surface area contributed by atoms with Crippen molar-refractivity contribution in [2.24, 2.45) is 0 Å². The van der Waals surface area contributed by atoms with E-state index >= 15 is 0 Å². The predicted molar refractivity (Wildman–Crippen MR) is 72.9 cm³/mol. The van der Waals surface area contributed by atoms with Crippen molar-refractivity contribution in [1.82, 2.24) is 4.57 Å². The number of esters is 1. The number of hydrogen-bond donors (Lipinski definition) is 0. The third-order valence-electron chi connectivity index (χ3n) is 2.71. The van der Waals surface area contributed by atoms with Crippen LogP contribution in [0.5, 0.6) is 0 Å². The molecule has 1 aromatic heterocycles. The molecular weight excluding hydrogens is 290 g/mol. The van der Waals surface area contributed by atoms with Gasteiger partial charge in [0.25, 0.3) is 9.05 Å². The molecule has 0 bridgehead atoms. The van der Waals surface area contributed by atoms with Gasteiger partial charge < -0.3 is 9.30 Å². The van der Waals surface area contributed by atoms with Crippen LogP contribution >= 0.6 is 10.7 Å². The largest absolute Gasteiger partial charge is 0.458 e. The summed E-state index contributed by atoms with van der Waals surface area (Å²) in [5.74, 6) is -0.533. The minimum Gasteiger partial charge on any atom is -0.458 e. The lowest BCUT2D eigenvalue weighted by atomic mass is 10.3. The van der Waals surface area contributed by atoms with Crippen molar-refractivity contribution in [3.05, 3.63) is 18.0 Å². The molecule has 0 fully saturated rings. The second-order valence-electron chi connectivity index (χ2n) is 4.32. The van der Waals surface area contributed by atoms with Gasteiger partial charge >= 0.3 is 5.97 Å². The van der Waals surface area contributed by atoms with Gasteiger partial charge in [0.1, 0.15) is 10.6 Å². The Labute approximate surface area is 117 Å². The van der Waals surface area contributed by atoms with Gasteiger partial charge in [-0.25, -0.2) is 13.2 Å². The van der Waals surface area contributed by atoms with E-state index in [1.807, 2.05) is 13.8 Å². The standard InChI is InChI=1S/C12H18ClNO4S/c1-4-6-14-8-10(19(13,16)17)7-11(14)12(15)18-9(3)5-2/h7-9H,4-6H2,1-3H3. The van der Waals surface area contributed by atoms with Gasteiger partial charge in [-0.3, -0.25) is 0 Å². The molecule has 1 aromatic rings. The Kier molecular flexibility index (Phi) is 5.43. The van der Waals surface area contributed by atoms with Crippen LogP contribution in [0.25, 0.3) is 0 Å². The third-order valence-corrected chi connectivity index (χ3v) is 4.03. The van der Waals surface area contributed by atoms with Crippen LogP contribution in [0.4, 0.5) is 0 Å². The monoisotopic (exact) mass is 307 g/mol. The first-order valence-corrected chi connectivity index (χ1v) is 8.46. The summed E-state index contributed by atoms with van der Waals surface area (Å²) < 4.78 is 29.4. The highest BCUT2D eigenvalue weighted by Crippen LogP contribution is 2.20. The molecule has 1 heterocycles. The van der Waals surface area contributed by atoms with E-state index in [0.717, 1.165) is 6.42 Å². The van der Waals surface area contributed by atoms with E-state index in [1.165, 1.54) is 12.3 Å². The molecule has 0 aliphatic rings. The predicted octanol–water partition coefficient (Wildman–Crippen LogP) is 2.78. The van der Waals surface area contributed by atoms with Gasteiger partial charge in [-0.1, -0.05) is 13.8 Å². The van der Waals surface area contributed by atoms with Gasteiger partial charge in [0.2, 0.25) is 0 Å². The summed E-state index contributed by atoms with van der Waals surface area (Å²) in [6.07, 6.45) is 2.61. The van der Waals surface area contributed by atoms with Gasteiger partial charge in [0.15, 0.2) is 0 Å². The molecule has 0 aromatic carbocycles. The van der Waals surface area contributed by atoms with E-state index in [9.17, 15) is 13.2 Å². The molecule has 7 heteroatoms. The minimum atomic E-state index is -3.85. The maximum atomic E-state index is 12.0. The number of rotatable bonds is 6. The molecule has 1 atom stereocenters. The first kappa shape index (κ1) is 16.0. The van der Waals surface area contributed by atoms with Gasteiger partial charge in [-0.2, -0.15) is 0 Å². The molecule has 0 saturated heterocycles. The maximum Gasteiger partial charge on any atom is 0.355 e. The van der Waals surface area contributed by atoms with Crippen LogP contribution in [0.1, 0.15) is 44.1 Å². The lowest BCUT2D eigenvalue weighted by Crippen LogP contribution is -2.17. The normalized spacial score (nSPS) is 13.3. The number of nitrogens with zero attached hydrogens (tertiary/aromatic N) is 1. The molecular formula is C12H18ClNO4S. The molecule has 0 spiro atoms. The van der Waals surface area contributed by atoms with Gasteiger partial charge in [0, 0.05) is 23.4 Å². The van der Waals surface area contributed by atoms with E-state index in [0.29, 0.717) is 13.0 Å². The van der Waals surface area contributed by atoms with Crippen LogP contribution in [0.3, 0.4) is 0 Å². The fraction of sp³-hybridized carbons (Fsp3) is 0.583. The Bertz CT molecular complexity index is 550. The highest BCUT2D eigenvalue weighted by atomic mass is 35.7. The average Bonchev–Trinajstić information content (AvgIpc) is 2.73. The van der Waals surface area contributed by atoms with Crippen molar-refractivity contribution in [3.8, 4) is 0 Å². The molecule has 0 radical (unpaired) electrons. The molecule has 5 nitrogen and oxygen atoms in total. The summed E-state index contributed by atoms with van der Waals surface area (Å²) >= 11 is 0. The van der Waals surface area contributed by atoms with Crippen molar-refractivity contribution in [1.29, 1.82) is 0 Å². The molecule has 1 rings (SSSR count). The smallest absolute Gasteiger partial charge is 0.355 e. The highest BCUT2D eigenvalue weighted by Gasteiger charge is 2.21. The second kappa shape index (κ2) is 6.43. The Morgan fingerprint density at radius 2 is 2.11 bits per heavy atom. The summed E-state index contributed by atoms with van der Waals surface area (Å²) in [4.78, 5) is 11.9. The van der Waals surface area contributed by atoms with Crippen LogP contribution in [-0.2, 0) is 20.3 Å². The van der Waals surface area contributed by atoms with Crippen LogP contribution in [-0.4, -0.2) is 25.1 Å². The van der Waals surface area contributed by atoms with Crippen molar-refractivity contribution >= 4 is 25.7 Å². The molecule has 0 aliphatic carbocycles. The molecule has 0 saturated carbocycles. The first-order valence-electron chi connectivity index (χ1n) is 6.15. The van der Waals surface area contributed by atoms with Gasteiger partial charge in [-0.15, -0.1) is 0 Å². The zero-order chi connectivity index (χ0) is 14.6. The van der Waals surface area contributed by atoms with Gasteiger partial charge in [-0.05, 0) is 25.8 Å². The number of carbonyl (C=O) groups is 1. The number of aromatic nitrogens is 1. The summed E-state index contributed by atoms with van der Waals surface area (Å²) in [5.41, 5.74) is 0.210. The van der Waals surface area contributed by atoms with Crippen molar-refractivity contribution < 1.29 is 17.9 Å². The Hall–Kier alpha value is -1.01. The maximum absolute atomic E-state index is 12.0. The van der Waals surface area contributed by atoms with E-state index in [4.69, 9.17) is 15.4 Å². The summed E-state index contributed by atoms with van der Waals surface area (Å²) in [5, 5.41) is 0. The van der Waals surface area contributed by atoms with E-state index in [2.05, 4.69) is 0 Å². The Morgan fingerprint density at radius 1 is 1.47 bits per heavy atom. The lowest BCUT2D eigenvalue weighted by Gasteiger charge is -2.12. The second-order valence-corrected chi connectivity index (χ2v) is 6.88. The van der Waals surface area contributed by atoms with Crippen molar-refractivity contribution in [2.45, 2.75) is 51.2 Å². The molecule has 0 aliphatic heterocycles. The number of hydrogen-bond acceptors (Lipinski definition) is 4. The molecule has 0 amide bonds. The van der Waals surface area contributed by atoms with Crippen molar-refractivity contribution in [3.63, 3.8) is 0 Å². The Balaban J connectivity index is 3.11. The number of carbonyl (C=O) groups excluding carboxylic acids is 1. The lowest BCUT2D eigenvalue weighted by molar-refractivity contribution is 0.0322. The molecule has 0 N–H and O–H groups in total. The average molecular weight is 308 g/mol. The van der Waals surface area contributed by atoms with E-state index in [1.54, 1.807) is 11.5 Å². The molecule has 19 heavy (non-hydrogen) atoms. The first-order chi connectivity index (χ1) is 8.79. The quantitative estimate of drug-likeness (QED) is 0.599. The number of ether oxygens (including phenoxy) is 1. The van der Waals surface area contributed by atoms with E-state index in [-0.39, 0.29) is 16.7 Å². The summed E-state index contributed by atoms with van der Waals surface area (Å²) in [6, 6.07) is 1.25. The van der Waals surface area contributed by atoms with Gasteiger partial charge in [0.05, 0.1) is 6.10 Å².